The average Bonchev–Trinajstić information content (AvgIpc) is 3.00. The van der Waals surface area contributed by atoms with E-state index in [1.807, 2.05) is 12.3 Å². The van der Waals surface area contributed by atoms with Gasteiger partial charge in [-0.25, -0.2) is 13.1 Å². The molecule has 2 rings (SSSR count). The van der Waals surface area contributed by atoms with Crippen molar-refractivity contribution in [2.24, 2.45) is 5.92 Å². The summed E-state index contributed by atoms with van der Waals surface area (Å²) >= 11 is 1.29. The third-order valence-electron chi connectivity index (χ3n) is 3.35. The lowest BCUT2D eigenvalue weighted by atomic mass is 10.2. The lowest BCUT2D eigenvalue weighted by Crippen LogP contribution is -2.32. The molecule has 114 valence electrons. The van der Waals surface area contributed by atoms with Gasteiger partial charge in [-0.15, -0.1) is 11.3 Å². The van der Waals surface area contributed by atoms with Crippen molar-refractivity contribution >= 4 is 21.4 Å². The highest BCUT2D eigenvalue weighted by molar-refractivity contribution is 7.91. The first-order valence-electron chi connectivity index (χ1n) is 7.20. The van der Waals surface area contributed by atoms with Crippen LogP contribution in [0.2, 0.25) is 0 Å². The molecule has 1 fully saturated rings. The lowest BCUT2D eigenvalue weighted by molar-refractivity contribution is 0.531. The average molecular weight is 316 g/mol. The van der Waals surface area contributed by atoms with Crippen LogP contribution in [0.4, 0.5) is 0 Å². The molecule has 0 bridgehead atoms. The van der Waals surface area contributed by atoms with Gasteiger partial charge < -0.3 is 5.32 Å². The largest absolute Gasteiger partial charge is 0.310 e. The zero-order valence-electron chi connectivity index (χ0n) is 12.3. The second-order valence-electron chi connectivity index (χ2n) is 6.01. The molecule has 0 saturated heterocycles. The Labute approximate surface area is 126 Å². The van der Waals surface area contributed by atoms with Crippen molar-refractivity contribution in [3.63, 3.8) is 0 Å². The van der Waals surface area contributed by atoms with Gasteiger partial charge in [0, 0.05) is 18.6 Å². The van der Waals surface area contributed by atoms with Crippen LogP contribution in [0.25, 0.3) is 0 Å². The number of nitrogens with one attached hydrogen (secondary N) is 2. The van der Waals surface area contributed by atoms with Crippen molar-refractivity contribution in [1.82, 2.24) is 10.0 Å². The molecule has 1 aliphatic carbocycles. The molecule has 4 nitrogen and oxygen atoms in total. The van der Waals surface area contributed by atoms with Gasteiger partial charge in [0.05, 0.1) is 0 Å². The summed E-state index contributed by atoms with van der Waals surface area (Å²) in [6.45, 7) is 6.81. The van der Waals surface area contributed by atoms with Crippen molar-refractivity contribution in [2.45, 2.75) is 62.9 Å². The van der Waals surface area contributed by atoms with E-state index >= 15 is 0 Å². The molecule has 1 aromatic heterocycles. The van der Waals surface area contributed by atoms with Crippen LogP contribution in [-0.2, 0) is 16.6 Å². The summed E-state index contributed by atoms with van der Waals surface area (Å²) in [6, 6.07) is 2.19. The fraction of sp³-hybridized carbons (Fsp3) is 0.714. The van der Waals surface area contributed by atoms with Crippen molar-refractivity contribution in [1.29, 1.82) is 0 Å². The first-order chi connectivity index (χ1) is 9.37. The molecule has 1 aromatic rings. The Kier molecular flexibility index (Phi) is 5.23. The molecule has 1 atom stereocenters. The van der Waals surface area contributed by atoms with E-state index in [0.717, 1.165) is 17.9 Å². The van der Waals surface area contributed by atoms with Crippen molar-refractivity contribution in [3.8, 4) is 0 Å². The van der Waals surface area contributed by atoms with Crippen molar-refractivity contribution in [3.05, 3.63) is 17.0 Å². The Morgan fingerprint density at radius 2 is 2.05 bits per heavy atom. The molecule has 0 radical (unpaired) electrons. The zero-order chi connectivity index (χ0) is 14.8. The summed E-state index contributed by atoms with van der Waals surface area (Å²) in [5.41, 5.74) is 1.03. The second kappa shape index (κ2) is 6.56. The molecule has 6 heteroatoms. The smallest absolute Gasteiger partial charge is 0.250 e. The fourth-order valence-electron chi connectivity index (χ4n) is 2.13. The first kappa shape index (κ1) is 15.9. The highest BCUT2D eigenvalue weighted by Gasteiger charge is 2.26. The van der Waals surface area contributed by atoms with Gasteiger partial charge in [-0.05, 0) is 36.3 Å². The third-order valence-corrected chi connectivity index (χ3v) is 6.43. The lowest BCUT2D eigenvalue weighted by Gasteiger charge is -2.12. The standard InChI is InChI=1S/C14H24N2O2S2/c1-10(2)15-8-13-7-14(19-9-13)20(17,18)16-11(3)6-12-4-5-12/h7,9-12,15-16H,4-6,8H2,1-3H3. The quantitative estimate of drug-likeness (QED) is 0.775. The van der Waals surface area contributed by atoms with Gasteiger partial charge in [0.2, 0.25) is 10.0 Å². The van der Waals surface area contributed by atoms with Gasteiger partial charge >= 0.3 is 0 Å². The number of hydrogen-bond acceptors (Lipinski definition) is 4. The monoisotopic (exact) mass is 316 g/mol. The number of sulfonamides is 1. The summed E-state index contributed by atoms with van der Waals surface area (Å²) in [7, 11) is -3.35. The van der Waals surface area contributed by atoms with Crippen LogP contribution in [0.3, 0.4) is 0 Å². The summed E-state index contributed by atoms with van der Waals surface area (Å²) < 4.78 is 27.8. The molecule has 1 aliphatic rings. The van der Waals surface area contributed by atoms with Gasteiger partial charge in [0.25, 0.3) is 0 Å². The predicted octanol–water partition coefficient (Wildman–Crippen LogP) is 2.71. The normalized spacial score (nSPS) is 17.6. The maximum Gasteiger partial charge on any atom is 0.250 e. The molecule has 0 aliphatic heterocycles. The summed E-state index contributed by atoms with van der Waals surface area (Å²) in [4.78, 5) is 0. The first-order valence-corrected chi connectivity index (χ1v) is 9.56. The molecular formula is C14H24N2O2S2. The Morgan fingerprint density at radius 3 is 2.65 bits per heavy atom. The van der Waals surface area contributed by atoms with E-state index in [2.05, 4.69) is 23.9 Å². The van der Waals surface area contributed by atoms with Crippen molar-refractivity contribution < 1.29 is 8.42 Å². The maximum atomic E-state index is 12.3. The maximum absolute atomic E-state index is 12.3. The molecule has 2 N–H and O–H groups in total. The van der Waals surface area contributed by atoms with E-state index in [9.17, 15) is 8.42 Å². The topological polar surface area (TPSA) is 58.2 Å². The minimum atomic E-state index is -3.35. The SMILES string of the molecule is CC(C)NCc1csc(S(=O)(=O)NC(C)CC2CC2)c1. The van der Waals surface area contributed by atoms with Gasteiger partial charge in [-0.1, -0.05) is 26.7 Å². The van der Waals surface area contributed by atoms with Gasteiger partial charge in [0.15, 0.2) is 0 Å². The van der Waals surface area contributed by atoms with Gasteiger partial charge in [-0.3, -0.25) is 0 Å². The van der Waals surface area contributed by atoms with Crippen LogP contribution in [-0.4, -0.2) is 20.5 Å². The third kappa shape index (κ3) is 4.84. The molecule has 20 heavy (non-hydrogen) atoms. The zero-order valence-corrected chi connectivity index (χ0v) is 14.0. The summed E-state index contributed by atoms with van der Waals surface area (Å²) in [5.74, 6) is 0.724. The van der Waals surface area contributed by atoms with Crippen molar-refractivity contribution in [2.75, 3.05) is 0 Å². The molecule has 1 heterocycles. The Balaban J connectivity index is 1.94. The van der Waals surface area contributed by atoms with E-state index in [0.29, 0.717) is 16.8 Å². The Bertz CT molecular complexity index is 533. The van der Waals surface area contributed by atoms with E-state index < -0.39 is 10.0 Å². The van der Waals surface area contributed by atoms with E-state index in [1.54, 1.807) is 6.07 Å². The van der Waals surface area contributed by atoms with E-state index in [-0.39, 0.29) is 6.04 Å². The summed E-state index contributed by atoms with van der Waals surface area (Å²) in [6.07, 6.45) is 3.44. The molecular weight excluding hydrogens is 292 g/mol. The predicted molar refractivity (Wildman–Crippen MR) is 83.4 cm³/mol. The van der Waals surface area contributed by atoms with Crippen LogP contribution < -0.4 is 10.0 Å². The minimum Gasteiger partial charge on any atom is -0.310 e. The second-order valence-corrected chi connectivity index (χ2v) is 8.86. The molecule has 0 amide bonds. The Hall–Kier alpha value is -0.430. The van der Waals surface area contributed by atoms with Gasteiger partial charge in [0.1, 0.15) is 4.21 Å². The highest BCUT2D eigenvalue weighted by Crippen LogP contribution is 2.33. The van der Waals surface area contributed by atoms with Crippen LogP contribution in [0, 0.1) is 5.92 Å². The van der Waals surface area contributed by atoms with Crippen LogP contribution in [0.5, 0.6) is 0 Å². The van der Waals surface area contributed by atoms with E-state index in [4.69, 9.17) is 0 Å². The van der Waals surface area contributed by atoms with Crippen LogP contribution in [0.1, 0.15) is 45.6 Å². The van der Waals surface area contributed by atoms with Gasteiger partial charge in [-0.2, -0.15) is 0 Å². The number of thiophene rings is 1. The molecule has 0 aromatic carbocycles. The highest BCUT2D eigenvalue weighted by atomic mass is 32.2. The minimum absolute atomic E-state index is 0.0202. The van der Waals surface area contributed by atoms with Crippen LogP contribution in [0.15, 0.2) is 15.7 Å². The Morgan fingerprint density at radius 1 is 1.35 bits per heavy atom. The molecule has 1 saturated carbocycles. The van der Waals surface area contributed by atoms with E-state index in [1.165, 1.54) is 24.2 Å². The number of hydrogen-bond donors (Lipinski definition) is 2. The fourth-order valence-corrected chi connectivity index (χ4v) is 4.62. The molecule has 0 spiro atoms. The summed E-state index contributed by atoms with van der Waals surface area (Å²) in [5, 5.41) is 5.21. The molecule has 1 unspecified atom stereocenters. The van der Waals surface area contributed by atoms with Crippen LogP contribution >= 0.6 is 11.3 Å². The number of rotatable bonds is 8.